The van der Waals surface area contributed by atoms with E-state index in [1.165, 1.54) is 25.3 Å². The first-order valence-corrected chi connectivity index (χ1v) is 9.36. The van der Waals surface area contributed by atoms with Gasteiger partial charge in [-0.1, -0.05) is 0 Å². The van der Waals surface area contributed by atoms with Gasteiger partial charge in [-0.3, -0.25) is 0 Å². The van der Waals surface area contributed by atoms with Gasteiger partial charge in [0, 0.05) is 44.0 Å². The van der Waals surface area contributed by atoms with Crippen LogP contribution in [0.5, 0.6) is 0 Å². The molecule has 3 rings (SSSR count). The zero-order chi connectivity index (χ0) is 19.9. The number of anilines is 3. The van der Waals surface area contributed by atoms with Crippen molar-refractivity contribution < 1.29 is 13.6 Å². The van der Waals surface area contributed by atoms with E-state index in [-0.39, 0.29) is 5.69 Å². The highest BCUT2D eigenvalue weighted by molar-refractivity contribution is 5.89. The van der Waals surface area contributed by atoms with Gasteiger partial charge < -0.3 is 20.9 Å². The Bertz CT molecular complexity index is 826. The van der Waals surface area contributed by atoms with Crippen LogP contribution in [0.2, 0.25) is 0 Å². The molecule has 7 nitrogen and oxygen atoms in total. The van der Waals surface area contributed by atoms with Crippen LogP contribution in [0.15, 0.2) is 24.3 Å². The molecule has 1 aliphatic rings. The summed E-state index contributed by atoms with van der Waals surface area (Å²) < 4.78 is 26.0. The van der Waals surface area contributed by atoms with Crippen LogP contribution in [0.1, 0.15) is 25.1 Å². The number of halogens is 2. The van der Waals surface area contributed by atoms with Crippen LogP contribution in [0, 0.1) is 18.6 Å². The summed E-state index contributed by atoms with van der Waals surface area (Å²) in [7, 11) is 0. The Morgan fingerprint density at radius 2 is 1.86 bits per heavy atom. The molecule has 1 aromatic heterocycles. The number of carbonyl (C=O) groups is 1. The first-order valence-electron chi connectivity index (χ1n) is 9.36. The molecule has 0 unspecified atom stereocenters. The average Bonchev–Trinajstić information content (AvgIpc) is 2.68. The number of hydrogen-bond acceptors (Lipinski definition) is 5. The van der Waals surface area contributed by atoms with Gasteiger partial charge in [0.1, 0.15) is 17.5 Å². The van der Waals surface area contributed by atoms with Crippen LogP contribution in [0.3, 0.4) is 0 Å². The Morgan fingerprint density at radius 3 is 2.61 bits per heavy atom. The zero-order valence-electron chi connectivity index (χ0n) is 15.8. The van der Waals surface area contributed by atoms with Crippen molar-refractivity contribution in [1.82, 2.24) is 15.3 Å². The fourth-order valence-corrected chi connectivity index (χ4v) is 3.04. The number of rotatable bonds is 6. The molecule has 1 aliphatic heterocycles. The van der Waals surface area contributed by atoms with Crippen molar-refractivity contribution in [3.63, 3.8) is 0 Å². The number of aryl methyl sites for hydroxylation is 1. The van der Waals surface area contributed by atoms with Gasteiger partial charge in [0.2, 0.25) is 0 Å². The minimum Gasteiger partial charge on any atom is -0.368 e. The molecule has 2 amide bonds. The first-order chi connectivity index (χ1) is 13.5. The van der Waals surface area contributed by atoms with E-state index >= 15 is 0 Å². The number of nitrogens with one attached hydrogen (secondary N) is 3. The van der Waals surface area contributed by atoms with Gasteiger partial charge >= 0.3 is 6.03 Å². The molecule has 0 bridgehead atoms. The van der Waals surface area contributed by atoms with Gasteiger partial charge in [-0.05, 0) is 38.3 Å². The molecule has 0 aliphatic carbocycles. The molecule has 0 spiro atoms. The van der Waals surface area contributed by atoms with Crippen LogP contribution in [-0.2, 0) is 0 Å². The number of benzene rings is 1. The summed E-state index contributed by atoms with van der Waals surface area (Å²) in [5.41, 5.74) is 0.182. The number of amides is 2. The summed E-state index contributed by atoms with van der Waals surface area (Å²) in [4.78, 5) is 23.0. The molecule has 28 heavy (non-hydrogen) atoms. The third-order valence-electron chi connectivity index (χ3n) is 4.40. The minimum atomic E-state index is -1.01. The van der Waals surface area contributed by atoms with E-state index in [0.717, 1.165) is 31.0 Å². The van der Waals surface area contributed by atoms with Gasteiger partial charge in [0.05, 0.1) is 0 Å². The van der Waals surface area contributed by atoms with E-state index in [4.69, 9.17) is 0 Å². The lowest BCUT2D eigenvalue weighted by molar-refractivity contribution is 0.252. The Balaban J connectivity index is 1.46. The first kappa shape index (κ1) is 19.8. The second kappa shape index (κ2) is 9.29. The number of hydrogen-bond donors (Lipinski definition) is 3. The maximum Gasteiger partial charge on any atom is 0.319 e. The highest BCUT2D eigenvalue weighted by Gasteiger charge is 2.13. The van der Waals surface area contributed by atoms with E-state index in [1.54, 1.807) is 0 Å². The summed E-state index contributed by atoms with van der Waals surface area (Å²) in [5.74, 6) is 0.339. The van der Waals surface area contributed by atoms with E-state index in [9.17, 15) is 13.6 Å². The molecule has 3 N–H and O–H groups in total. The lowest BCUT2D eigenvalue weighted by Gasteiger charge is -2.28. The monoisotopic (exact) mass is 390 g/mol. The Labute approximate surface area is 162 Å². The summed E-state index contributed by atoms with van der Waals surface area (Å²) in [6.45, 7) is 4.65. The maximum absolute atomic E-state index is 13.2. The third kappa shape index (κ3) is 5.51. The summed E-state index contributed by atoms with van der Waals surface area (Å²) >= 11 is 0. The zero-order valence-corrected chi connectivity index (χ0v) is 15.8. The van der Waals surface area contributed by atoms with Crippen molar-refractivity contribution in [3.8, 4) is 0 Å². The van der Waals surface area contributed by atoms with Crippen molar-refractivity contribution in [1.29, 1.82) is 0 Å². The summed E-state index contributed by atoms with van der Waals surface area (Å²) in [6.07, 6.45) is 3.59. The normalized spacial score (nSPS) is 13.9. The smallest absolute Gasteiger partial charge is 0.319 e. The predicted octanol–water partition coefficient (Wildman–Crippen LogP) is 3.29. The van der Waals surface area contributed by atoms with Crippen molar-refractivity contribution in [3.05, 3.63) is 41.7 Å². The van der Waals surface area contributed by atoms with Gasteiger partial charge in [0.25, 0.3) is 0 Å². The quantitative estimate of drug-likeness (QED) is 0.660. The van der Waals surface area contributed by atoms with Crippen LogP contribution in [-0.4, -0.2) is 42.2 Å². The van der Waals surface area contributed by atoms with E-state index in [2.05, 4.69) is 30.8 Å². The maximum atomic E-state index is 13.2. The second-order valence-electron chi connectivity index (χ2n) is 6.64. The topological polar surface area (TPSA) is 82.2 Å². The molecule has 0 radical (unpaired) electrons. The van der Waals surface area contributed by atoms with Crippen LogP contribution < -0.4 is 20.9 Å². The lowest BCUT2D eigenvalue weighted by atomic mass is 10.1. The minimum absolute atomic E-state index is 0.182. The molecular weight excluding hydrogens is 366 g/mol. The largest absolute Gasteiger partial charge is 0.368 e. The van der Waals surface area contributed by atoms with Gasteiger partial charge in [-0.25, -0.2) is 23.5 Å². The molecule has 150 valence electrons. The SMILES string of the molecule is Cc1nc(NCCNC(=O)Nc2ccc(F)c(F)c2)cc(N2CCCCC2)n1. The van der Waals surface area contributed by atoms with Crippen LogP contribution in [0.25, 0.3) is 0 Å². The van der Waals surface area contributed by atoms with Crippen molar-refractivity contribution in [2.24, 2.45) is 0 Å². The molecule has 9 heteroatoms. The second-order valence-corrected chi connectivity index (χ2v) is 6.64. The molecule has 0 atom stereocenters. The molecule has 2 heterocycles. The number of nitrogens with zero attached hydrogens (tertiary/aromatic N) is 3. The molecular formula is C19H24F2N6O. The predicted molar refractivity (Wildman–Crippen MR) is 105 cm³/mol. The third-order valence-corrected chi connectivity index (χ3v) is 4.40. The van der Waals surface area contributed by atoms with Gasteiger partial charge in [-0.15, -0.1) is 0 Å². The van der Waals surface area contributed by atoms with Crippen LogP contribution >= 0.6 is 0 Å². The average molecular weight is 390 g/mol. The van der Waals surface area contributed by atoms with Crippen LogP contribution in [0.4, 0.5) is 30.9 Å². The molecule has 1 saturated heterocycles. The lowest BCUT2D eigenvalue weighted by Crippen LogP contribution is -2.33. The fraction of sp³-hybridized carbons (Fsp3) is 0.421. The highest BCUT2D eigenvalue weighted by atomic mass is 19.2. The van der Waals surface area contributed by atoms with Crippen molar-refractivity contribution >= 4 is 23.4 Å². The van der Waals surface area contributed by atoms with Crippen molar-refractivity contribution in [2.45, 2.75) is 26.2 Å². The van der Waals surface area contributed by atoms with Gasteiger partial charge in [-0.2, -0.15) is 0 Å². The molecule has 0 saturated carbocycles. The van der Waals surface area contributed by atoms with Crippen molar-refractivity contribution in [2.75, 3.05) is 41.7 Å². The molecule has 2 aromatic rings. The van der Waals surface area contributed by atoms with Gasteiger partial charge in [0.15, 0.2) is 11.6 Å². The Hall–Kier alpha value is -2.97. The fourth-order valence-electron chi connectivity index (χ4n) is 3.04. The number of piperidine rings is 1. The highest BCUT2D eigenvalue weighted by Crippen LogP contribution is 2.20. The standard InChI is InChI=1S/C19H24F2N6O/c1-13-24-17(12-18(25-13)27-9-3-2-4-10-27)22-7-8-23-19(28)26-14-5-6-15(20)16(21)11-14/h5-6,11-12H,2-4,7-10H2,1H3,(H,22,24,25)(H2,23,26,28). The summed E-state index contributed by atoms with van der Waals surface area (Å²) in [6, 6.07) is 4.60. The van der Waals surface area contributed by atoms with E-state index < -0.39 is 17.7 Å². The number of carbonyl (C=O) groups excluding carboxylic acids is 1. The molecule has 1 aromatic carbocycles. The number of aromatic nitrogens is 2. The Kier molecular flexibility index (Phi) is 6.57. The van der Waals surface area contributed by atoms with E-state index in [1.807, 2.05) is 13.0 Å². The summed E-state index contributed by atoms with van der Waals surface area (Å²) in [5, 5.41) is 8.27. The van der Waals surface area contributed by atoms with E-state index in [0.29, 0.717) is 24.7 Å². The molecule has 1 fully saturated rings. The Morgan fingerprint density at radius 1 is 1.07 bits per heavy atom. The number of urea groups is 1.